The van der Waals surface area contributed by atoms with Gasteiger partial charge in [0.2, 0.25) is 0 Å². The first-order chi connectivity index (χ1) is 7.97. The molecule has 0 atom stereocenters. The minimum absolute atomic E-state index is 0.286. The predicted octanol–water partition coefficient (Wildman–Crippen LogP) is 2.85. The smallest absolute Gasteiger partial charge is 0.409 e. The average molecular weight is 235 g/mol. The maximum Gasteiger partial charge on any atom is 0.409 e. The third-order valence-corrected chi connectivity index (χ3v) is 3.37. The molecule has 0 N–H and O–H groups in total. The minimum atomic E-state index is -0.286. The van der Waals surface area contributed by atoms with Crippen molar-refractivity contribution in [2.24, 2.45) is 0 Å². The Balaban J connectivity index is 2.70. The van der Waals surface area contributed by atoms with E-state index < -0.39 is 0 Å². The van der Waals surface area contributed by atoms with E-state index in [0.29, 0.717) is 6.54 Å². The van der Waals surface area contributed by atoms with Gasteiger partial charge in [-0.2, -0.15) is 0 Å². The summed E-state index contributed by atoms with van der Waals surface area (Å²) in [6, 6.07) is 4.28. The summed E-state index contributed by atoms with van der Waals surface area (Å²) in [7, 11) is 3.16. The number of rotatable bonds is 3. The second-order valence-electron chi connectivity index (χ2n) is 4.43. The van der Waals surface area contributed by atoms with Gasteiger partial charge in [0.05, 0.1) is 7.11 Å². The van der Waals surface area contributed by atoms with Gasteiger partial charge in [-0.15, -0.1) is 0 Å². The molecule has 1 rings (SSSR count). The number of methoxy groups -OCH3 is 1. The van der Waals surface area contributed by atoms with Gasteiger partial charge in [0.25, 0.3) is 0 Å². The standard InChI is InChI=1S/C14H21NO2/c1-10-6-7-13(12(3)11(10)2)8-9-15(4)14(16)17-5/h6-7H,8-9H2,1-5H3. The van der Waals surface area contributed by atoms with E-state index in [0.717, 1.165) is 6.42 Å². The molecule has 0 aliphatic heterocycles. The SMILES string of the molecule is COC(=O)N(C)CCc1ccc(C)c(C)c1C. The van der Waals surface area contributed by atoms with E-state index in [1.807, 2.05) is 0 Å². The van der Waals surface area contributed by atoms with E-state index in [1.54, 1.807) is 11.9 Å². The van der Waals surface area contributed by atoms with Crippen molar-refractivity contribution >= 4 is 6.09 Å². The van der Waals surface area contributed by atoms with Crippen LogP contribution in [-0.2, 0) is 11.2 Å². The zero-order chi connectivity index (χ0) is 13.0. The fourth-order valence-corrected chi connectivity index (χ4v) is 1.82. The molecule has 17 heavy (non-hydrogen) atoms. The lowest BCUT2D eigenvalue weighted by Gasteiger charge is -2.17. The summed E-state index contributed by atoms with van der Waals surface area (Å²) < 4.78 is 4.66. The van der Waals surface area contributed by atoms with E-state index in [1.165, 1.54) is 29.4 Å². The number of ether oxygens (including phenoxy) is 1. The van der Waals surface area contributed by atoms with Crippen LogP contribution in [0.3, 0.4) is 0 Å². The summed E-state index contributed by atoms with van der Waals surface area (Å²) in [5.74, 6) is 0. The van der Waals surface area contributed by atoms with E-state index in [-0.39, 0.29) is 6.09 Å². The molecule has 1 aromatic carbocycles. The molecule has 3 heteroatoms. The highest BCUT2D eigenvalue weighted by molar-refractivity contribution is 5.66. The van der Waals surface area contributed by atoms with Crippen molar-refractivity contribution in [3.63, 3.8) is 0 Å². The number of hydrogen-bond donors (Lipinski definition) is 0. The van der Waals surface area contributed by atoms with Crippen molar-refractivity contribution in [2.75, 3.05) is 20.7 Å². The van der Waals surface area contributed by atoms with Crippen molar-refractivity contribution in [1.82, 2.24) is 4.90 Å². The van der Waals surface area contributed by atoms with E-state index in [2.05, 4.69) is 37.6 Å². The van der Waals surface area contributed by atoms with Crippen LogP contribution < -0.4 is 0 Å². The Morgan fingerprint density at radius 2 is 1.88 bits per heavy atom. The lowest BCUT2D eigenvalue weighted by Crippen LogP contribution is -2.28. The molecular formula is C14H21NO2. The Kier molecular flexibility index (Phi) is 4.55. The molecule has 0 spiro atoms. The molecule has 1 amide bonds. The molecule has 0 aliphatic carbocycles. The van der Waals surface area contributed by atoms with Crippen LogP contribution in [0.25, 0.3) is 0 Å². The Hall–Kier alpha value is -1.51. The summed E-state index contributed by atoms with van der Waals surface area (Å²) >= 11 is 0. The van der Waals surface area contributed by atoms with Crippen LogP contribution in [0.2, 0.25) is 0 Å². The Bertz CT molecular complexity index is 413. The van der Waals surface area contributed by atoms with E-state index in [9.17, 15) is 4.79 Å². The Morgan fingerprint density at radius 3 is 2.47 bits per heavy atom. The maximum atomic E-state index is 11.2. The van der Waals surface area contributed by atoms with Crippen LogP contribution in [0.4, 0.5) is 4.79 Å². The third kappa shape index (κ3) is 3.22. The van der Waals surface area contributed by atoms with Gasteiger partial charge in [0, 0.05) is 13.6 Å². The van der Waals surface area contributed by atoms with Gasteiger partial charge in [-0.25, -0.2) is 4.79 Å². The molecule has 0 heterocycles. The van der Waals surface area contributed by atoms with Gasteiger partial charge in [-0.1, -0.05) is 12.1 Å². The lowest BCUT2D eigenvalue weighted by atomic mass is 9.97. The first-order valence-corrected chi connectivity index (χ1v) is 5.82. The molecule has 0 saturated heterocycles. The van der Waals surface area contributed by atoms with Gasteiger partial charge >= 0.3 is 6.09 Å². The fourth-order valence-electron chi connectivity index (χ4n) is 1.82. The highest BCUT2D eigenvalue weighted by atomic mass is 16.5. The normalized spacial score (nSPS) is 10.2. The average Bonchev–Trinajstić information content (AvgIpc) is 2.33. The Morgan fingerprint density at radius 1 is 1.24 bits per heavy atom. The molecule has 94 valence electrons. The molecule has 0 fully saturated rings. The number of likely N-dealkylation sites (N-methyl/N-ethyl adjacent to an activating group) is 1. The highest BCUT2D eigenvalue weighted by Crippen LogP contribution is 2.17. The summed E-state index contributed by atoms with van der Waals surface area (Å²) in [4.78, 5) is 12.8. The van der Waals surface area contributed by atoms with Crippen LogP contribution in [0.15, 0.2) is 12.1 Å². The van der Waals surface area contributed by atoms with Crippen LogP contribution in [0.5, 0.6) is 0 Å². The molecule has 0 aliphatic rings. The van der Waals surface area contributed by atoms with Crippen LogP contribution in [-0.4, -0.2) is 31.7 Å². The number of benzene rings is 1. The number of aryl methyl sites for hydroxylation is 1. The zero-order valence-corrected chi connectivity index (χ0v) is 11.3. The number of nitrogens with zero attached hydrogens (tertiary/aromatic N) is 1. The number of carbonyl (C=O) groups is 1. The van der Waals surface area contributed by atoms with Crippen LogP contribution in [0.1, 0.15) is 22.3 Å². The molecule has 0 saturated carbocycles. The van der Waals surface area contributed by atoms with Crippen LogP contribution in [0, 0.1) is 20.8 Å². The number of hydrogen-bond acceptors (Lipinski definition) is 2. The van der Waals surface area contributed by atoms with Crippen LogP contribution >= 0.6 is 0 Å². The summed E-state index contributed by atoms with van der Waals surface area (Å²) in [6.07, 6.45) is 0.574. The van der Waals surface area contributed by atoms with Gasteiger partial charge in [-0.05, 0) is 49.4 Å². The minimum Gasteiger partial charge on any atom is -0.453 e. The first kappa shape index (κ1) is 13.6. The van der Waals surface area contributed by atoms with Crippen molar-refractivity contribution in [3.05, 3.63) is 34.4 Å². The number of carbonyl (C=O) groups excluding carboxylic acids is 1. The second-order valence-corrected chi connectivity index (χ2v) is 4.43. The maximum absolute atomic E-state index is 11.2. The summed E-state index contributed by atoms with van der Waals surface area (Å²) in [5, 5.41) is 0. The number of amides is 1. The highest BCUT2D eigenvalue weighted by Gasteiger charge is 2.09. The van der Waals surface area contributed by atoms with Crippen molar-refractivity contribution in [1.29, 1.82) is 0 Å². The second kappa shape index (κ2) is 5.71. The van der Waals surface area contributed by atoms with Gasteiger partial charge < -0.3 is 9.64 Å². The topological polar surface area (TPSA) is 29.5 Å². The molecule has 3 nitrogen and oxygen atoms in total. The summed E-state index contributed by atoms with van der Waals surface area (Å²) in [6.45, 7) is 7.07. The van der Waals surface area contributed by atoms with E-state index in [4.69, 9.17) is 0 Å². The molecule has 0 radical (unpaired) electrons. The van der Waals surface area contributed by atoms with Gasteiger partial charge in [-0.3, -0.25) is 0 Å². The van der Waals surface area contributed by atoms with Crippen molar-refractivity contribution in [2.45, 2.75) is 27.2 Å². The zero-order valence-electron chi connectivity index (χ0n) is 11.3. The third-order valence-electron chi connectivity index (χ3n) is 3.37. The Labute approximate surface area is 103 Å². The van der Waals surface area contributed by atoms with Crippen molar-refractivity contribution in [3.8, 4) is 0 Å². The quantitative estimate of drug-likeness (QED) is 0.806. The fraction of sp³-hybridized carbons (Fsp3) is 0.500. The molecular weight excluding hydrogens is 214 g/mol. The molecule has 0 bridgehead atoms. The largest absolute Gasteiger partial charge is 0.453 e. The molecule has 1 aromatic rings. The van der Waals surface area contributed by atoms with Crippen molar-refractivity contribution < 1.29 is 9.53 Å². The predicted molar refractivity (Wildman–Crippen MR) is 69.4 cm³/mol. The first-order valence-electron chi connectivity index (χ1n) is 5.82. The molecule has 0 aromatic heterocycles. The molecule has 0 unspecified atom stereocenters. The summed E-state index contributed by atoms with van der Waals surface area (Å²) in [5.41, 5.74) is 5.27. The van der Waals surface area contributed by atoms with Gasteiger partial charge in [0.15, 0.2) is 0 Å². The van der Waals surface area contributed by atoms with Gasteiger partial charge in [0.1, 0.15) is 0 Å². The monoisotopic (exact) mass is 235 g/mol. The lowest BCUT2D eigenvalue weighted by molar-refractivity contribution is 0.134. The van der Waals surface area contributed by atoms with E-state index >= 15 is 0 Å².